The van der Waals surface area contributed by atoms with E-state index >= 15 is 0 Å². The maximum atomic E-state index is 14.2. The van der Waals surface area contributed by atoms with Crippen molar-refractivity contribution in [3.8, 4) is 0 Å². The van der Waals surface area contributed by atoms with Crippen LogP contribution in [0.15, 0.2) is 30.3 Å². The Morgan fingerprint density at radius 1 is 0.905 bits per heavy atom. The molecule has 0 aromatic heterocycles. The summed E-state index contributed by atoms with van der Waals surface area (Å²) < 4.78 is 40.7. The molecule has 0 heterocycles. The van der Waals surface area contributed by atoms with E-state index in [0.29, 0.717) is 24.0 Å². The minimum atomic E-state index is -0.868. The molecule has 2 aromatic carbocycles. The maximum absolute atomic E-state index is 14.2. The van der Waals surface area contributed by atoms with Gasteiger partial charge < -0.3 is 0 Å². The van der Waals surface area contributed by atoms with Crippen molar-refractivity contribution in [2.24, 2.45) is 0 Å². The van der Waals surface area contributed by atoms with Crippen molar-refractivity contribution in [2.45, 2.75) is 26.2 Å². The van der Waals surface area contributed by atoms with E-state index in [2.05, 4.69) is 0 Å². The molecule has 2 aromatic rings. The molecular formula is C18H15F3. The minimum Gasteiger partial charge on any atom is -0.206 e. The second-order valence-corrected chi connectivity index (χ2v) is 5.30. The molecule has 0 radical (unpaired) electrons. The first kappa shape index (κ1) is 13.9. The molecule has 0 fully saturated rings. The lowest BCUT2D eigenvalue weighted by Gasteiger charge is -2.18. The molecule has 3 rings (SSSR count). The van der Waals surface area contributed by atoms with Gasteiger partial charge in [-0.05, 0) is 59.7 Å². The molecule has 0 saturated heterocycles. The zero-order chi connectivity index (χ0) is 15.0. The Bertz CT molecular complexity index is 729. The van der Waals surface area contributed by atoms with E-state index < -0.39 is 11.6 Å². The number of rotatable bonds is 2. The third-order valence-electron chi connectivity index (χ3n) is 3.96. The molecule has 0 amide bonds. The molecule has 0 aliphatic heterocycles. The summed E-state index contributed by atoms with van der Waals surface area (Å²) in [4.78, 5) is 0. The molecule has 0 saturated carbocycles. The van der Waals surface area contributed by atoms with Crippen LogP contribution in [0.1, 0.15) is 35.6 Å². The monoisotopic (exact) mass is 288 g/mol. The molecule has 1 aliphatic rings. The Balaban J connectivity index is 2.04. The SMILES string of the molecule is CCc1ccc(C2=Cc3cc(F)c(F)cc3CC2)c(F)c1. The van der Waals surface area contributed by atoms with Gasteiger partial charge >= 0.3 is 0 Å². The van der Waals surface area contributed by atoms with Crippen LogP contribution in [0.5, 0.6) is 0 Å². The van der Waals surface area contributed by atoms with E-state index in [1.165, 1.54) is 18.2 Å². The molecular weight excluding hydrogens is 273 g/mol. The number of fused-ring (bicyclic) bond motifs is 1. The average molecular weight is 288 g/mol. The van der Waals surface area contributed by atoms with Crippen molar-refractivity contribution in [1.29, 1.82) is 0 Å². The van der Waals surface area contributed by atoms with Crippen molar-refractivity contribution in [2.75, 3.05) is 0 Å². The molecule has 0 N–H and O–H groups in total. The molecule has 0 nitrogen and oxygen atoms in total. The summed E-state index contributed by atoms with van der Waals surface area (Å²) in [6.07, 6.45) is 3.75. The van der Waals surface area contributed by atoms with Gasteiger partial charge in [-0.1, -0.05) is 25.1 Å². The molecule has 0 spiro atoms. The summed E-state index contributed by atoms with van der Waals surface area (Å²) in [6, 6.07) is 7.62. The zero-order valence-corrected chi connectivity index (χ0v) is 11.7. The summed E-state index contributed by atoms with van der Waals surface area (Å²) in [6.45, 7) is 1.97. The average Bonchev–Trinajstić information content (AvgIpc) is 2.48. The number of allylic oxidation sites excluding steroid dienone is 1. The van der Waals surface area contributed by atoms with Gasteiger partial charge in [-0.2, -0.15) is 0 Å². The highest BCUT2D eigenvalue weighted by Gasteiger charge is 2.17. The first-order chi connectivity index (χ1) is 10.1. The number of hydrogen-bond acceptors (Lipinski definition) is 0. The van der Waals surface area contributed by atoms with Crippen molar-refractivity contribution in [3.05, 3.63) is 70.0 Å². The van der Waals surface area contributed by atoms with Crippen LogP contribution in [0.3, 0.4) is 0 Å². The predicted molar refractivity (Wildman–Crippen MR) is 78.3 cm³/mol. The number of benzene rings is 2. The van der Waals surface area contributed by atoms with E-state index in [0.717, 1.165) is 23.1 Å². The maximum Gasteiger partial charge on any atom is 0.159 e. The lowest BCUT2D eigenvalue weighted by molar-refractivity contribution is 0.506. The Morgan fingerprint density at radius 2 is 1.67 bits per heavy atom. The Hall–Kier alpha value is -2.03. The Kier molecular flexibility index (Phi) is 3.58. The molecule has 0 bridgehead atoms. The normalized spacial score (nSPS) is 13.8. The largest absolute Gasteiger partial charge is 0.206 e. The lowest BCUT2D eigenvalue weighted by atomic mass is 9.88. The van der Waals surface area contributed by atoms with Crippen LogP contribution in [0.4, 0.5) is 13.2 Å². The smallest absolute Gasteiger partial charge is 0.159 e. The number of aryl methyl sites for hydroxylation is 2. The van der Waals surface area contributed by atoms with Crippen molar-refractivity contribution in [1.82, 2.24) is 0 Å². The van der Waals surface area contributed by atoms with Gasteiger partial charge in [-0.15, -0.1) is 0 Å². The molecule has 0 unspecified atom stereocenters. The quantitative estimate of drug-likeness (QED) is 0.716. The standard InChI is InChI=1S/C18H15F3/c1-2-11-3-6-15(16(19)7-11)13-5-4-12-9-17(20)18(21)10-14(12)8-13/h3,6-10H,2,4-5H2,1H3. The molecule has 3 heteroatoms. The first-order valence-corrected chi connectivity index (χ1v) is 7.05. The van der Waals surface area contributed by atoms with E-state index in [-0.39, 0.29) is 5.82 Å². The van der Waals surface area contributed by atoms with Crippen molar-refractivity contribution >= 4 is 11.6 Å². The second kappa shape index (κ2) is 5.40. The van der Waals surface area contributed by atoms with Crippen LogP contribution >= 0.6 is 0 Å². The predicted octanol–water partition coefficient (Wildman–Crippen LogP) is 5.15. The van der Waals surface area contributed by atoms with Gasteiger partial charge in [0.25, 0.3) is 0 Å². The van der Waals surface area contributed by atoms with Gasteiger partial charge in [-0.25, -0.2) is 13.2 Å². The van der Waals surface area contributed by atoms with Gasteiger partial charge in [0.1, 0.15) is 5.82 Å². The van der Waals surface area contributed by atoms with Crippen LogP contribution in [-0.4, -0.2) is 0 Å². The fourth-order valence-electron chi connectivity index (χ4n) is 2.73. The van der Waals surface area contributed by atoms with Crippen LogP contribution < -0.4 is 0 Å². The van der Waals surface area contributed by atoms with Crippen molar-refractivity contribution < 1.29 is 13.2 Å². The van der Waals surface area contributed by atoms with E-state index in [1.807, 2.05) is 13.0 Å². The third-order valence-corrected chi connectivity index (χ3v) is 3.96. The van der Waals surface area contributed by atoms with Crippen LogP contribution in [0.25, 0.3) is 11.6 Å². The highest BCUT2D eigenvalue weighted by atomic mass is 19.2. The highest BCUT2D eigenvalue weighted by molar-refractivity contribution is 5.84. The Labute approximate surface area is 121 Å². The van der Waals surface area contributed by atoms with E-state index in [9.17, 15) is 13.2 Å². The summed E-state index contributed by atoms with van der Waals surface area (Å²) in [5.74, 6) is -1.95. The minimum absolute atomic E-state index is 0.258. The second-order valence-electron chi connectivity index (χ2n) is 5.30. The van der Waals surface area contributed by atoms with Gasteiger partial charge in [0.15, 0.2) is 11.6 Å². The first-order valence-electron chi connectivity index (χ1n) is 7.05. The van der Waals surface area contributed by atoms with Crippen LogP contribution in [0, 0.1) is 17.5 Å². The fraction of sp³-hybridized carbons (Fsp3) is 0.222. The summed E-state index contributed by atoms with van der Waals surface area (Å²) >= 11 is 0. The number of hydrogen-bond donors (Lipinski definition) is 0. The summed E-state index contributed by atoms with van der Waals surface area (Å²) in [5, 5.41) is 0. The van der Waals surface area contributed by atoms with Gasteiger partial charge in [-0.3, -0.25) is 0 Å². The van der Waals surface area contributed by atoms with Gasteiger partial charge in [0, 0.05) is 5.56 Å². The van der Waals surface area contributed by atoms with Gasteiger partial charge in [0.05, 0.1) is 0 Å². The van der Waals surface area contributed by atoms with Gasteiger partial charge in [0.2, 0.25) is 0 Å². The fourth-order valence-corrected chi connectivity index (χ4v) is 2.73. The lowest BCUT2D eigenvalue weighted by Crippen LogP contribution is -2.03. The molecule has 1 aliphatic carbocycles. The summed E-state index contributed by atoms with van der Waals surface area (Å²) in [5.41, 5.74) is 3.72. The topological polar surface area (TPSA) is 0 Å². The molecule has 21 heavy (non-hydrogen) atoms. The number of halogens is 3. The summed E-state index contributed by atoms with van der Waals surface area (Å²) in [7, 11) is 0. The molecule has 108 valence electrons. The molecule has 0 atom stereocenters. The van der Waals surface area contributed by atoms with Crippen molar-refractivity contribution in [3.63, 3.8) is 0 Å². The van der Waals surface area contributed by atoms with E-state index in [4.69, 9.17) is 0 Å². The van der Waals surface area contributed by atoms with E-state index in [1.54, 1.807) is 12.1 Å². The Morgan fingerprint density at radius 3 is 2.38 bits per heavy atom. The zero-order valence-electron chi connectivity index (χ0n) is 11.7. The van der Waals surface area contributed by atoms with Crippen LogP contribution in [-0.2, 0) is 12.8 Å². The third kappa shape index (κ3) is 2.60. The highest BCUT2D eigenvalue weighted by Crippen LogP contribution is 2.32. The van der Waals surface area contributed by atoms with Crippen LogP contribution in [0.2, 0.25) is 0 Å².